The summed E-state index contributed by atoms with van der Waals surface area (Å²) in [7, 11) is -0.667. The van der Waals surface area contributed by atoms with Gasteiger partial charge in [0.1, 0.15) is 8.11 Å². The van der Waals surface area contributed by atoms with Crippen molar-refractivity contribution in [2.24, 2.45) is 0 Å². The first-order valence-electron chi connectivity index (χ1n) is 9.37. The van der Waals surface area contributed by atoms with Crippen LogP contribution in [0.15, 0.2) is 146 Å². The summed E-state index contributed by atoms with van der Waals surface area (Å²) in [5.74, 6) is 0. The summed E-state index contributed by atoms with van der Waals surface area (Å²) in [4.78, 5) is 0. The van der Waals surface area contributed by atoms with E-state index in [-0.39, 0.29) is 5.48 Å². The van der Waals surface area contributed by atoms with E-state index < -0.39 is 8.11 Å². The molecule has 0 bridgehead atoms. The van der Waals surface area contributed by atoms with Crippen LogP contribution < -0.4 is 0 Å². The minimum atomic E-state index is -0.667. The Morgan fingerprint density at radius 1 is 0.310 bits per heavy atom. The van der Waals surface area contributed by atoms with E-state index in [2.05, 4.69) is 13.1 Å². The lowest BCUT2D eigenvalue weighted by atomic mass is 10.4. The Balaban J connectivity index is 0. The van der Waals surface area contributed by atoms with Gasteiger partial charge in [-0.05, 0) is 0 Å². The number of hydrogen-bond donors (Lipinski definition) is 0. The molecule has 0 atom stereocenters. The van der Waals surface area contributed by atoms with Gasteiger partial charge in [-0.2, -0.15) is 11.1 Å². The summed E-state index contributed by atoms with van der Waals surface area (Å²) in [5, 5.41) is 0. The summed E-state index contributed by atoms with van der Waals surface area (Å²) in [6.07, 6.45) is 0. The van der Waals surface area contributed by atoms with Crippen molar-refractivity contribution in [2.75, 3.05) is 0 Å². The smallest absolute Gasteiger partial charge is 0.134 e. The van der Waals surface area contributed by atoms with Crippen LogP contribution in [0.4, 0.5) is 0 Å². The van der Waals surface area contributed by atoms with Crippen molar-refractivity contribution in [3.63, 3.8) is 0 Å². The summed E-state index contributed by atoms with van der Waals surface area (Å²) >= 11 is 5.41. The zero-order valence-corrected chi connectivity index (χ0v) is 19.2. The summed E-state index contributed by atoms with van der Waals surface area (Å²) in [6.45, 7) is 4.14. The summed E-state index contributed by atoms with van der Waals surface area (Å²) in [6, 6.07) is 48.0. The Hall–Kier alpha value is -2.65. The third-order valence-corrected chi connectivity index (χ3v) is 2.67. The zero-order chi connectivity index (χ0) is 20.5. The van der Waals surface area contributed by atoms with E-state index in [1.165, 1.54) is 0 Å². The maximum absolute atomic E-state index is 5.41. The van der Waals surface area contributed by atoms with Crippen LogP contribution >= 0.6 is 11.1 Å². The molecule has 0 radical (unpaired) electrons. The molecule has 4 aromatic carbocycles. The van der Waals surface area contributed by atoms with Crippen LogP contribution in [0.5, 0.6) is 0 Å². The fraction of sp³-hybridized carbons (Fsp3) is 0.0769. The molecule has 0 saturated carbocycles. The molecular weight excluding hydrogens is 392 g/mol. The molecule has 0 heterocycles. The number of hydrogen-bond acceptors (Lipinski definition) is 0. The quantitative estimate of drug-likeness (QED) is 0.212. The van der Waals surface area contributed by atoms with Crippen LogP contribution in [0, 0.1) is 0 Å². The average Bonchev–Trinajstić information content (AvgIpc) is 2.79. The molecule has 4 aromatic rings. The van der Waals surface area contributed by atoms with E-state index in [1.54, 1.807) is 0 Å². The Kier molecular flexibility index (Phi) is 25.0. The van der Waals surface area contributed by atoms with Crippen LogP contribution in [0.2, 0.25) is 13.1 Å². The van der Waals surface area contributed by atoms with Gasteiger partial charge in [0, 0.05) is 0 Å². The predicted molar refractivity (Wildman–Crippen MR) is 134 cm³/mol. The van der Waals surface area contributed by atoms with Gasteiger partial charge in [-0.25, -0.2) is 0 Å². The first kappa shape index (κ1) is 28.6. The number of halogens is 1. The van der Waals surface area contributed by atoms with E-state index in [0.717, 1.165) is 0 Å². The van der Waals surface area contributed by atoms with Crippen molar-refractivity contribution in [1.82, 2.24) is 0 Å². The Bertz CT molecular complexity index is 472. The molecule has 0 spiro atoms. The first-order chi connectivity index (χ1) is 13.7. The molecule has 154 valence electrons. The third-order valence-electron chi connectivity index (χ3n) is 2.67. The molecule has 0 amide bonds. The molecule has 2 N–H and O–H groups in total. The molecule has 0 saturated heterocycles. The topological polar surface area (TPSA) is 31.5 Å². The molecule has 4 rings (SSSR count). The largest absolute Gasteiger partial charge is 0.412 e. The molecular formula is C26H33ClOSi. The molecule has 0 aliphatic carbocycles. The van der Waals surface area contributed by atoms with Gasteiger partial charge in [-0.15, -0.1) is 0 Å². The Labute approximate surface area is 183 Å². The lowest BCUT2D eigenvalue weighted by molar-refractivity contribution is 0.824. The predicted octanol–water partition coefficient (Wildman–Crippen LogP) is 7.13. The third kappa shape index (κ3) is 30.3. The lowest BCUT2D eigenvalue weighted by Crippen LogP contribution is -1.78. The Morgan fingerprint density at radius 3 is 0.379 bits per heavy atom. The van der Waals surface area contributed by atoms with Crippen molar-refractivity contribution in [2.45, 2.75) is 13.1 Å². The zero-order valence-electron chi connectivity index (χ0n) is 17.3. The van der Waals surface area contributed by atoms with Crippen molar-refractivity contribution in [3.8, 4) is 0 Å². The van der Waals surface area contributed by atoms with Gasteiger partial charge in [0.05, 0.1) is 0 Å². The monoisotopic (exact) mass is 424 g/mol. The van der Waals surface area contributed by atoms with Crippen LogP contribution in [0.3, 0.4) is 0 Å². The second kappa shape index (κ2) is 25.3. The van der Waals surface area contributed by atoms with Crippen LogP contribution in [0.1, 0.15) is 0 Å². The Morgan fingerprint density at radius 2 is 0.345 bits per heavy atom. The standard InChI is InChI=1S/4C6H6.C2H7ClSi.H2O/c4*1-2-4-6-5-3-1;1-4(2)3;/h4*1-6H;4H,1-2H3;1H2. The van der Waals surface area contributed by atoms with Gasteiger partial charge in [-0.1, -0.05) is 159 Å². The van der Waals surface area contributed by atoms with Gasteiger partial charge in [0.25, 0.3) is 0 Å². The molecule has 0 aliphatic rings. The summed E-state index contributed by atoms with van der Waals surface area (Å²) < 4.78 is 0. The SMILES string of the molecule is C[SiH](C)Cl.O.c1ccccc1.c1ccccc1.c1ccccc1.c1ccccc1. The normalized spacial score (nSPS) is 7.86. The fourth-order valence-electron chi connectivity index (χ4n) is 1.54. The van der Waals surface area contributed by atoms with Crippen molar-refractivity contribution < 1.29 is 5.48 Å². The minimum absolute atomic E-state index is 0. The van der Waals surface area contributed by atoms with E-state index in [1.807, 2.05) is 146 Å². The number of benzene rings is 4. The highest BCUT2D eigenvalue weighted by Crippen LogP contribution is 1.82. The van der Waals surface area contributed by atoms with E-state index in [9.17, 15) is 0 Å². The van der Waals surface area contributed by atoms with Gasteiger partial charge in [0.2, 0.25) is 0 Å². The molecule has 1 nitrogen and oxygen atoms in total. The van der Waals surface area contributed by atoms with Crippen LogP contribution in [0.25, 0.3) is 0 Å². The second-order valence-corrected chi connectivity index (χ2v) is 10.3. The maximum Gasteiger partial charge on any atom is 0.134 e. The fourth-order valence-corrected chi connectivity index (χ4v) is 1.54. The molecule has 0 fully saturated rings. The van der Waals surface area contributed by atoms with Gasteiger partial charge >= 0.3 is 0 Å². The molecule has 29 heavy (non-hydrogen) atoms. The molecule has 0 unspecified atom stereocenters. The highest BCUT2D eigenvalue weighted by molar-refractivity contribution is 7.05. The minimum Gasteiger partial charge on any atom is -0.412 e. The lowest BCUT2D eigenvalue weighted by Gasteiger charge is -1.72. The van der Waals surface area contributed by atoms with Gasteiger partial charge in [-0.3, -0.25) is 0 Å². The van der Waals surface area contributed by atoms with Gasteiger partial charge in [0.15, 0.2) is 0 Å². The maximum atomic E-state index is 5.41. The number of rotatable bonds is 0. The highest BCUT2D eigenvalue weighted by Gasteiger charge is 1.76. The van der Waals surface area contributed by atoms with Crippen LogP contribution in [-0.4, -0.2) is 13.6 Å². The van der Waals surface area contributed by atoms with Crippen molar-refractivity contribution in [1.29, 1.82) is 0 Å². The van der Waals surface area contributed by atoms with E-state index in [0.29, 0.717) is 0 Å². The van der Waals surface area contributed by atoms with Crippen molar-refractivity contribution >= 4 is 19.2 Å². The van der Waals surface area contributed by atoms with E-state index >= 15 is 0 Å². The summed E-state index contributed by atoms with van der Waals surface area (Å²) in [5.41, 5.74) is 0. The van der Waals surface area contributed by atoms with Crippen LogP contribution in [-0.2, 0) is 0 Å². The molecule has 0 aliphatic heterocycles. The van der Waals surface area contributed by atoms with Crippen molar-refractivity contribution in [3.05, 3.63) is 146 Å². The highest BCUT2D eigenvalue weighted by atomic mass is 35.6. The van der Waals surface area contributed by atoms with E-state index in [4.69, 9.17) is 11.1 Å². The molecule has 0 aromatic heterocycles. The second-order valence-electron chi connectivity index (χ2n) is 5.63. The molecule has 3 heteroatoms. The average molecular weight is 425 g/mol. The van der Waals surface area contributed by atoms with Gasteiger partial charge < -0.3 is 5.48 Å². The first-order valence-corrected chi connectivity index (χ1v) is 13.4.